The number of aliphatic carboxylic acids is 1. The first-order valence-electron chi connectivity index (χ1n) is 5.68. The molecule has 0 aliphatic heterocycles. The van der Waals surface area contributed by atoms with Crippen molar-refractivity contribution in [2.24, 2.45) is 0 Å². The Morgan fingerprint density at radius 2 is 2.25 bits per heavy atom. The van der Waals surface area contributed by atoms with Crippen LogP contribution < -0.4 is 0 Å². The first-order chi connectivity index (χ1) is 9.47. The van der Waals surface area contributed by atoms with Gasteiger partial charge in [-0.25, -0.2) is 9.48 Å². The molecule has 0 saturated carbocycles. The van der Waals surface area contributed by atoms with Crippen LogP contribution in [0, 0.1) is 17.0 Å². The number of carboxylic acid groups (broad SMARTS) is 1. The molecule has 0 aliphatic rings. The molecule has 1 aromatic heterocycles. The largest absolute Gasteiger partial charge is 0.478 e. The lowest BCUT2D eigenvalue weighted by Gasteiger charge is -2.06. The van der Waals surface area contributed by atoms with Gasteiger partial charge in [0.2, 0.25) is 0 Å². The number of carboxylic acids is 1. The van der Waals surface area contributed by atoms with Gasteiger partial charge in [-0.15, -0.1) is 0 Å². The molecule has 20 heavy (non-hydrogen) atoms. The van der Waals surface area contributed by atoms with Gasteiger partial charge in [0.1, 0.15) is 0 Å². The molecule has 0 atom stereocenters. The van der Waals surface area contributed by atoms with Gasteiger partial charge in [-0.1, -0.05) is 0 Å². The summed E-state index contributed by atoms with van der Waals surface area (Å²) in [5.41, 5.74) is 1.80. The Bertz CT molecular complexity index is 703. The van der Waals surface area contributed by atoms with Gasteiger partial charge in [0.05, 0.1) is 16.8 Å². The highest BCUT2D eigenvalue weighted by Gasteiger charge is 2.11. The van der Waals surface area contributed by atoms with Gasteiger partial charge in [-0.3, -0.25) is 10.1 Å². The number of rotatable bonds is 4. The van der Waals surface area contributed by atoms with Gasteiger partial charge in [-0.2, -0.15) is 5.10 Å². The van der Waals surface area contributed by atoms with E-state index in [4.69, 9.17) is 5.11 Å². The molecular formula is C13H11N3O4. The second-order valence-electron chi connectivity index (χ2n) is 4.13. The standard InChI is InChI=1S/C13H11N3O4/c1-9-7-14-15(8-9)12-4-3-11(16(19)20)6-10(12)2-5-13(17)18/h2-8H,1H3,(H,17,18)/b5-2+. The van der Waals surface area contributed by atoms with E-state index in [2.05, 4.69) is 5.10 Å². The van der Waals surface area contributed by atoms with Gasteiger partial charge in [0, 0.05) is 30.0 Å². The van der Waals surface area contributed by atoms with Gasteiger partial charge in [0.25, 0.3) is 5.69 Å². The number of nitro groups is 1. The fraction of sp³-hybridized carbons (Fsp3) is 0.0769. The zero-order valence-corrected chi connectivity index (χ0v) is 10.6. The van der Waals surface area contributed by atoms with Crippen LogP contribution >= 0.6 is 0 Å². The van der Waals surface area contributed by atoms with Crippen molar-refractivity contribution < 1.29 is 14.8 Å². The van der Waals surface area contributed by atoms with Gasteiger partial charge < -0.3 is 5.11 Å². The quantitative estimate of drug-likeness (QED) is 0.523. The average Bonchev–Trinajstić information content (AvgIpc) is 2.82. The molecule has 0 radical (unpaired) electrons. The predicted molar refractivity (Wildman–Crippen MR) is 71.6 cm³/mol. The summed E-state index contributed by atoms with van der Waals surface area (Å²) in [7, 11) is 0. The van der Waals surface area contributed by atoms with Crippen molar-refractivity contribution in [1.82, 2.24) is 9.78 Å². The lowest BCUT2D eigenvalue weighted by atomic mass is 10.1. The SMILES string of the molecule is Cc1cnn(-c2ccc([N+](=O)[O-])cc2/C=C/C(=O)O)c1. The Balaban J connectivity index is 2.55. The number of nitro benzene ring substituents is 1. The first-order valence-corrected chi connectivity index (χ1v) is 5.68. The summed E-state index contributed by atoms with van der Waals surface area (Å²) in [5, 5.41) is 23.6. The zero-order valence-electron chi connectivity index (χ0n) is 10.6. The lowest BCUT2D eigenvalue weighted by molar-refractivity contribution is -0.384. The van der Waals surface area contributed by atoms with Crippen LogP contribution in [0.2, 0.25) is 0 Å². The van der Waals surface area contributed by atoms with E-state index in [0.29, 0.717) is 11.3 Å². The van der Waals surface area contributed by atoms with E-state index in [0.717, 1.165) is 11.6 Å². The Kier molecular flexibility index (Phi) is 3.60. The summed E-state index contributed by atoms with van der Waals surface area (Å²) >= 11 is 0. The van der Waals surface area contributed by atoms with Crippen LogP contribution in [-0.4, -0.2) is 25.8 Å². The molecular weight excluding hydrogens is 262 g/mol. The van der Waals surface area contributed by atoms with Crippen molar-refractivity contribution in [2.75, 3.05) is 0 Å². The molecule has 102 valence electrons. The summed E-state index contributed by atoms with van der Waals surface area (Å²) in [5.74, 6) is -1.13. The second kappa shape index (κ2) is 5.35. The maximum atomic E-state index is 10.8. The van der Waals surface area contributed by atoms with Crippen LogP contribution in [0.3, 0.4) is 0 Å². The maximum Gasteiger partial charge on any atom is 0.328 e. The Labute approximate surface area is 113 Å². The van der Waals surface area contributed by atoms with E-state index >= 15 is 0 Å². The molecule has 7 nitrogen and oxygen atoms in total. The number of carbonyl (C=O) groups is 1. The Hall–Kier alpha value is -2.96. The summed E-state index contributed by atoms with van der Waals surface area (Å²) in [6.07, 6.45) is 5.63. The van der Waals surface area contributed by atoms with Crippen LogP contribution in [0.15, 0.2) is 36.7 Å². The number of benzene rings is 1. The molecule has 0 fully saturated rings. The zero-order chi connectivity index (χ0) is 14.7. The van der Waals surface area contributed by atoms with E-state index < -0.39 is 10.9 Å². The van der Waals surface area contributed by atoms with Crippen molar-refractivity contribution in [2.45, 2.75) is 6.92 Å². The highest BCUT2D eigenvalue weighted by Crippen LogP contribution is 2.22. The van der Waals surface area contributed by atoms with Gasteiger partial charge >= 0.3 is 5.97 Å². The molecule has 0 unspecified atom stereocenters. The average molecular weight is 273 g/mol. The minimum Gasteiger partial charge on any atom is -0.478 e. The molecule has 1 heterocycles. The third-order valence-corrected chi connectivity index (χ3v) is 2.59. The van der Waals surface area contributed by atoms with Crippen LogP contribution in [0.4, 0.5) is 5.69 Å². The predicted octanol–water partition coefficient (Wildman–Crippen LogP) is 2.19. The van der Waals surface area contributed by atoms with E-state index in [1.54, 1.807) is 17.1 Å². The van der Waals surface area contributed by atoms with Gasteiger partial charge in [-0.05, 0) is 24.6 Å². The summed E-state index contributed by atoms with van der Waals surface area (Å²) in [4.78, 5) is 20.9. The molecule has 1 N–H and O–H groups in total. The van der Waals surface area contributed by atoms with E-state index in [9.17, 15) is 14.9 Å². The molecule has 1 aromatic carbocycles. The molecule has 2 aromatic rings. The summed E-state index contributed by atoms with van der Waals surface area (Å²) in [6, 6.07) is 4.20. The van der Waals surface area contributed by atoms with Crippen LogP contribution in [0.25, 0.3) is 11.8 Å². The third kappa shape index (κ3) is 2.89. The highest BCUT2D eigenvalue weighted by molar-refractivity contribution is 5.86. The number of hydrogen-bond donors (Lipinski definition) is 1. The third-order valence-electron chi connectivity index (χ3n) is 2.59. The van der Waals surface area contributed by atoms with E-state index in [1.807, 2.05) is 6.92 Å². The summed E-state index contributed by atoms with van der Waals surface area (Å²) < 4.78 is 1.54. The van der Waals surface area contributed by atoms with E-state index in [-0.39, 0.29) is 5.69 Å². The first kappa shape index (κ1) is 13.5. The fourth-order valence-corrected chi connectivity index (χ4v) is 1.70. The fourth-order valence-electron chi connectivity index (χ4n) is 1.70. The minimum absolute atomic E-state index is 0.109. The van der Waals surface area contributed by atoms with Crippen molar-refractivity contribution >= 4 is 17.7 Å². The molecule has 0 saturated heterocycles. The smallest absolute Gasteiger partial charge is 0.328 e. The summed E-state index contributed by atoms with van der Waals surface area (Å²) in [6.45, 7) is 1.86. The van der Waals surface area contributed by atoms with Crippen molar-refractivity contribution in [3.63, 3.8) is 0 Å². The van der Waals surface area contributed by atoms with Crippen molar-refractivity contribution in [3.05, 3.63) is 57.9 Å². The number of aryl methyl sites for hydroxylation is 1. The van der Waals surface area contributed by atoms with Crippen LogP contribution in [-0.2, 0) is 4.79 Å². The minimum atomic E-state index is -1.13. The Morgan fingerprint density at radius 3 is 2.80 bits per heavy atom. The van der Waals surface area contributed by atoms with Crippen molar-refractivity contribution in [1.29, 1.82) is 0 Å². The van der Waals surface area contributed by atoms with Crippen LogP contribution in [0.5, 0.6) is 0 Å². The number of aromatic nitrogens is 2. The monoisotopic (exact) mass is 273 g/mol. The molecule has 2 rings (SSSR count). The number of non-ortho nitro benzene ring substituents is 1. The molecule has 0 spiro atoms. The highest BCUT2D eigenvalue weighted by atomic mass is 16.6. The van der Waals surface area contributed by atoms with Gasteiger partial charge in [0.15, 0.2) is 0 Å². The second-order valence-corrected chi connectivity index (χ2v) is 4.13. The number of hydrogen-bond acceptors (Lipinski definition) is 4. The van der Waals surface area contributed by atoms with Crippen molar-refractivity contribution in [3.8, 4) is 5.69 Å². The Morgan fingerprint density at radius 1 is 1.50 bits per heavy atom. The van der Waals surface area contributed by atoms with E-state index in [1.165, 1.54) is 24.3 Å². The molecule has 0 amide bonds. The maximum absolute atomic E-state index is 10.8. The topological polar surface area (TPSA) is 98.3 Å². The molecule has 7 heteroatoms. The van der Waals surface area contributed by atoms with Crippen LogP contribution in [0.1, 0.15) is 11.1 Å². The normalized spacial score (nSPS) is 10.8. The number of nitrogens with zero attached hydrogens (tertiary/aromatic N) is 3. The molecule has 0 aliphatic carbocycles. The lowest BCUT2D eigenvalue weighted by Crippen LogP contribution is -1.99. The molecule has 0 bridgehead atoms.